The molecule has 0 amide bonds. The van der Waals surface area contributed by atoms with Crippen molar-refractivity contribution < 1.29 is 27.0 Å². The van der Waals surface area contributed by atoms with E-state index in [1.54, 1.807) is 25.3 Å². The number of aromatic nitrogens is 1. The standard InChI is InChI=1S/C13H18F3N3O2.C6H5F.C2H2/c1-20-8-2-4-9(5-3-8)21-10-6-7-18-12(19-17)11(10)13(14,15)16;7-6-4-2-1-3-5-6;1-2/h6-9H,2-5,17H2,1H3,(H,18,19);1-5H;1-2H. The molecule has 1 aromatic heterocycles. The maximum atomic E-state index is 13.1. The number of hydrogen-bond acceptors (Lipinski definition) is 5. The van der Waals surface area contributed by atoms with Crippen LogP contribution < -0.4 is 16.0 Å². The van der Waals surface area contributed by atoms with Gasteiger partial charge in [-0.3, -0.25) is 0 Å². The van der Waals surface area contributed by atoms with Crippen LogP contribution >= 0.6 is 0 Å². The number of nitrogens with one attached hydrogen (secondary N) is 1. The van der Waals surface area contributed by atoms with Gasteiger partial charge in [0, 0.05) is 13.3 Å². The number of halogens is 4. The second-order valence-corrected chi connectivity index (χ2v) is 6.22. The lowest BCUT2D eigenvalue weighted by atomic mass is 9.95. The third-order valence-corrected chi connectivity index (χ3v) is 4.31. The van der Waals surface area contributed by atoms with E-state index in [0.29, 0.717) is 12.8 Å². The van der Waals surface area contributed by atoms with E-state index in [0.717, 1.165) is 12.8 Å². The third kappa shape index (κ3) is 7.89. The molecule has 164 valence electrons. The van der Waals surface area contributed by atoms with Crippen molar-refractivity contribution in [3.8, 4) is 18.6 Å². The second-order valence-electron chi connectivity index (χ2n) is 6.22. The molecule has 0 unspecified atom stereocenters. The molecule has 1 aliphatic carbocycles. The lowest BCUT2D eigenvalue weighted by Gasteiger charge is -2.29. The first-order valence-corrected chi connectivity index (χ1v) is 9.11. The molecule has 0 aliphatic heterocycles. The smallest absolute Gasteiger partial charge is 0.423 e. The number of ether oxygens (including phenoxy) is 2. The molecule has 0 saturated heterocycles. The predicted octanol–water partition coefficient (Wildman–Crippen LogP) is 4.80. The zero-order valence-electron chi connectivity index (χ0n) is 16.5. The molecule has 1 aliphatic rings. The zero-order chi connectivity index (χ0) is 22.6. The first-order valence-electron chi connectivity index (χ1n) is 9.11. The minimum absolute atomic E-state index is 0.158. The number of alkyl halides is 3. The van der Waals surface area contributed by atoms with Gasteiger partial charge in [-0.25, -0.2) is 15.2 Å². The fraction of sp³-hybridized carbons (Fsp3) is 0.381. The Morgan fingerprint density at radius 3 is 2.03 bits per heavy atom. The molecule has 1 heterocycles. The van der Waals surface area contributed by atoms with Crippen LogP contribution in [0.1, 0.15) is 31.2 Å². The molecule has 1 aromatic carbocycles. The van der Waals surface area contributed by atoms with Crippen LogP contribution in [0.3, 0.4) is 0 Å². The Kier molecular flexibility index (Phi) is 10.6. The SMILES string of the molecule is C#C.COC1CCC(Oc2ccnc(NN)c2C(F)(F)F)CC1.Fc1ccccc1. The molecule has 3 N–H and O–H groups in total. The molecule has 0 radical (unpaired) electrons. The number of nitrogen functional groups attached to an aromatic ring is 1. The van der Waals surface area contributed by atoms with Crippen LogP contribution in [0.15, 0.2) is 42.6 Å². The molecule has 5 nitrogen and oxygen atoms in total. The van der Waals surface area contributed by atoms with E-state index in [1.807, 2.05) is 5.43 Å². The molecule has 0 spiro atoms. The minimum atomic E-state index is -4.59. The molecule has 0 bridgehead atoms. The number of methoxy groups -OCH3 is 1. The summed E-state index contributed by atoms with van der Waals surface area (Å²) in [7, 11) is 1.63. The van der Waals surface area contributed by atoms with E-state index in [4.69, 9.17) is 15.3 Å². The van der Waals surface area contributed by atoms with Crippen LogP contribution in [0.25, 0.3) is 0 Å². The maximum absolute atomic E-state index is 13.1. The Balaban J connectivity index is 0.000000418. The van der Waals surface area contributed by atoms with E-state index in [1.165, 1.54) is 24.4 Å². The minimum Gasteiger partial charge on any atom is -0.490 e. The molecule has 9 heteroatoms. The van der Waals surface area contributed by atoms with Crippen LogP contribution in [0.2, 0.25) is 0 Å². The van der Waals surface area contributed by atoms with Crippen LogP contribution in [-0.2, 0) is 10.9 Å². The van der Waals surface area contributed by atoms with Crippen LogP contribution in [0.4, 0.5) is 23.4 Å². The number of anilines is 1. The lowest BCUT2D eigenvalue weighted by molar-refractivity contribution is -0.139. The van der Waals surface area contributed by atoms with Crippen molar-refractivity contribution in [3.05, 3.63) is 54.0 Å². The van der Waals surface area contributed by atoms with Crippen molar-refractivity contribution in [2.75, 3.05) is 12.5 Å². The molecule has 1 saturated carbocycles. The van der Waals surface area contributed by atoms with Gasteiger partial charge in [-0.05, 0) is 43.9 Å². The lowest BCUT2D eigenvalue weighted by Crippen LogP contribution is -2.28. The molecule has 0 atom stereocenters. The molecular formula is C21H25F4N3O2. The number of terminal acetylenes is 1. The van der Waals surface area contributed by atoms with Gasteiger partial charge in [-0.2, -0.15) is 13.2 Å². The Labute approximate surface area is 173 Å². The van der Waals surface area contributed by atoms with Crippen molar-refractivity contribution >= 4 is 5.82 Å². The first kappa shape index (κ1) is 25.2. The fourth-order valence-corrected chi connectivity index (χ4v) is 2.91. The van der Waals surface area contributed by atoms with E-state index in [-0.39, 0.29) is 23.8 Å². The predicted molar refractivity (Wildman–Crippen MR) is 107 cm³/mol. The van der Waals surface area contributed by atoms with Gasteiger partial charge >= 0.3 is 6.18 Å². The Morgan fingerprint density at radius 2 is 1.60 bits per heavy atom. The number of hydrazine groups is 1. The molecule has 1 fully saturated rings. The summed E-state index contributed by atoms with van der Waals surface area (Å²) in [4.78, 5) is 3.59. The van der Waals surface area contributed by atoms with Crippen molar-refractivity contribution in [1.82, 2.24) is 4.98 Å². The Bertz CT molecular complexity index is 762. The van der Waals surface area contributed by atoms with Gasteiger partial charge < -0.3 is 14.9 Å². The number of nitrogens with zero attached hydrogens (tertiary/aromatic N) is 1. The average Bonchev–Trinajstić information content (AvgIpc) is 2.76. The van der Waals surface area contributed by atoms with Gasteiger partial charge in [-0.1, -0.05) is 18.2 Å². The summed E-state index contributed by atoms with van der Waals surface area (Å²) in [6, 6.07) is 9.15. The monoisotopic (exact) mass is 427 g/mol. The summed E-state index contributed by atoms with van der Waals surface area (Å²) in [5, 5.41) is 0. The fourth-order valence-electron chi connectivity index (χ4n) is 2.91. The van der Waals surface area contributed by atoms with Crippen LogP contribution in [0.5, 0.6) is 5.75 Å². The highest BCUT2D eigenvalue weighted by atomic mass is 19.4. The summed E-state index contributed by atoms with van der Waals surface area (Å²) < 4.78 is 62.1. The van der Waals surface area contributed by atoms with Crippen molar-refractivity contribution in [3.63, 3.8) is 0 Å². The highest BCUT2D eigenvalue weighted by molar-refractivity contribution is 5.52. The third-order valence-electron chi connectivity index (χ3n) is 4.31. The van der Waals surface area contributed by atoms with E-state index >= 15 is 0 Å². The number of nitrogens with two attached hydrogens (primary N) is 1. The topological polar surface area (TPSA) is 69.4 Å². The van der Waals surface area contributed by atoms with Gasteiger partial charge in [0.2, 0.25) is 0 Å². The quantitative estimate of drug-likeness (QED) is 0.318. The van der Waals surface area contributed by atoms with Crippen molar-refractivity contribution in [2.45, 2.75) is 44.1 Å². The molecule has 30 heavy (non-hydrogen) atoms. The summed E-state index contributed by atoms with van der Waals surface area (Å²) in [6.07, 6.45) is 7.41. The molecule has 2 aromatic rings. The van der Waals surface area contributed by atoms with Gasteiger partial charge in [0.15, 0.2) is 5.82 Å². The summed E-state index contributed by atoms with van der Waals surface area (Å²) in [5.74, 6) is 4.24. The average molecular weight is 427 g/mol. The molecular weight excluding hydrogens is 402 g/mol. The van der Waals surface area contributed by atoms with Crippen LogP contribution in [0, 0.1) is 18.7 Å². The summed E-state index contributed by atoms with van der Waals surface area (Å²) in [5.41, 5.74) is 0.994. The summed E-state index contributed by atoms with van der Waals surface area (Å²) in [6.45, 7) is 0. The largest absolute Gasteiger partial charge is 0.490 e. The Hall–Kier alpha value is -2.83. The number of benzene rings is 1. The van der Waals surface area contributed by atoms with Crippen molar-refractivity contribution in [2.24, 2.45) is 5.84 Å². The van der Waals surface area contributed by atoms with E-state index in [9.17, 15) is 17.6 Å². The Morgan fingerprint density at radius 1 is 1.03 bits per heavy atom. The van der Waals surface area contributed by atoms with Crippen LogP contribution in [-0.4, -0.2) is 24.3 Å². The first-order chi connectivity index (χ1) is 14.3. The van der Waals surface area contributed by atoms with Gasteiger partial charge in [0.05, 0.1) is 12.2 Å². The normalized spacial score (nSPS) is 18.1. The van der Waals surface area contributed by atoms with Gasteiger partial charge in [0.25, 0.3) is 0 Å². The summed E-state index contributed by atoms with van der Waals surface area (Å²) >= 11 is 0. The highest BCUT2D eigenvalue weighted by Crippen LogP contribution is 2.41. The highest BCUT2D eigenvalue weighted by Gasteiger charge is 2.39. The van der Waals surface area contributed by atoms with E-state index in [2.05, 4.69) is 17.8 Å². The van der Waals surface area contributed by atoms with E-state index < -0.39 is 17.6 Å². The van der Waals surface area contributed by atoms with Crippen molar-refractivity contribution in [1.29, 1.82) is 0 Å². The second kappa shape index (κ2) is 12.7. The molecule has 3 rings (SSSR count). The van der Waals surface area contributed by atoms with Gasteiger partial charge in [-0.15, -0.1) is 12.8 Å². The van der Waals surface area contributed by atoms with Gasteiger partial charge in [0.1, 0.15) is 17.1 Å². The number of rotatable bonds is 4. The zero-order valence-corrected chi connectivity index (χ0v) is 16.5. The number of hydrogen-bond donors (Lipinski definition) is 2. The number of pyridine rings is 1. The maximum Gasteiger partial charge on any atom is 0.423 e.